The Bertz CT molecular complexity index is 3250. The quantitative estimate of drug-likeness (QED) is 0.127. The van der Waals surface area contributed by atoms with Gasteiger partial charge in [-0.3, -0.25) is 0 Å². The van der Waals surface area contributed by atoms with Crippen molar-refractivity contribution in [2.45, 2.75) is 13.3 Å². The molecule has 2 aliphatic rings. The van der Waals surface area contributed by atoms with Gasteiger partial charge in [0.2, 0.25) is 0 Å². The third kappa shape index (κ3) is 4.85. The predicted molar refractivity (Wildman–Crippen MR) is 238 cm³/mol. The Morgan fingerprint density at radius 1 is 0.491 bits per heavy atom. The summed E-state index contributed by atoms with van der Waals surface area (Å²) in [5.41, 5.74) is 11.9. The first kappa shape index (κ1) is 31.7. The summed E-state index contributed by atoms with van der Waals surface area (Å²) in [6, 6.07) is 58.6. The molecule has 1 unspecified atom stereocenters. The first-order valence-corrected chi connectivity index (χ1v) is 19.4. The number of allylic oxidation sites excluding steroid dienone is 5. The second kappa shape index (κ2) is 12.4. The number of rotatable bonds is 3. The predicted octanol–water partition coefficient (Wildman–Crippen LogP) is 13.3. The van der Waals surface area contributed by atoms with Crippen molar-refractivity contribution in [1.82, 2.24) is 0 Å². The van der Waals surface area contributed by atoms with Gasteiger partial charge < -0.3 is 0 Å². The number of hydrogen-bond donors (Lipinski definition) is 0. The Morgan fingerprint density at radius 3 is 1.85 bits per heavy atom. The van der Waals surface area contributed by atoms with Crippen LogP contribution in [0.2, 0.25) is 0 Å². The average Bonchev–Trinajstić information content (AvgIpc) is 3.24. The zero-order valence-electron chi connectivity index (χ0n) is 30.8. The summed E-state index contributed by atoms with van der Waals surface area (Å²) in [5, 5.41) is 15.0. The van der Waals surface area contributed by atoms with E-state index in [-0.39, 0.29) is 0 Å². The van der Waals surface area contributed by atoms with Crippen LogP contribution < -0.4 is 10.4 Å². The summed E-state index contributed by atoms with van der Waals surface area (Å²) in [7, 11) is 0. The third-order valence-corrected chi connectivity index (χ3v) is 12.2. The van der Waals surface area contributed by atoms with E-state index in [1.54, 1.807) is 0 Å². The number of fused-ring (bicyclic) bond motifs is 9. The maximum absolute atomic E-state index is 4.32. The molecular formula is C55H38. The molecule has 258 valence electrons. The van der Waals surface area contributed by atoms with Crippen LogP contribution in [0.5, 0.6) is 0 Å². The van der Waals surface area contributed by atoms with Crippen LogP contribution in [0, 0.1) is 5.92 Å². The van der Waals surface area contributed by atoms with E-state index in [0.717, 1.165) is 11.6 Å². The highest BCUT2D eigenvalue weighted by atomic mass is 14.3. The molecule has 1 atom stereocenters. The van der Waals surface area contributed by atoms with E-state index in [1.165, 1.54) is 109 Å². The lowest BCUT2D eigenvalue weighted by atomic mass is 9.73. The van der Waals surface area contributed by atoms with Gasteiger partial charge in [-0.05, 0) is 140 Å². The van der Waals surface area contributed by atoms with Gasteiger partial charge >= 0.3 is 0 Å². The number of hydrogen-bond acceptors (Lipinski definition) is 0. The summed E-state index contributed by atoms with van der Waals surface area (Å²) < 4.78 is 0. The molecule has 55 heavy (non-hydrogen) atoms. The molecular weight excluding hydrogens is 661 g/mol. The van der Waals surface area contributed by atoms with E-state index in [2.05, 4.69) is 196 Å². The van der Waals surface area contributed by atoms with Crippen LogP contribution in [-0.2, 0) is 0 Å². The van der Waals surface area contributed by atoms with Crippen molar-refractivity contribution < 1.29 is 0 Å². The van der Waals surface area contributed by atoms with Gasteiger partial charge in [-0.25, -0.2) is 0 Å². The highest BCUT2D eigenvalue weighted by molar-refractivity contribution is 6.24. The number of benzene rings is 9. The molecule has 0 heterocycles. The van der Waals surface area contributed by atoms with Crippen molar-refractivity contribution >= 4 is 83.2 Å². The van der Waals surface area contributed by atoms with Crippen LogP contribution >= 0.6 is 0 Å². The van der Waals surface area contributed by atoms with Crippen LogP contribution in [0.4, 0.5) is 0 Å². The fourth-order valence-corrected chi connectivity index (χ4v) is 9.70. The summed E-state index contributed by atoms with van der Waals surface area (Å²) in [4.78, 5) is 0. The molecule has 9 aromatic carbocycles. The zero-order valence-corrected chi connectivity index (χ0v) is 30.8. The zero-order chi connectivity index (χ0) is 36.6. The van der Waals surface area contributed by atoms with E-state index in [4.69, 9.17) is 0 Å². The molecule has 0 heteroatoms. The van der Waals surface area contributed by atoms with E-state index in [0.29, 0.717) is 5.92 Å². The molecule has 0 bridgehead atoms. The lowest BCUT2D eigenvalue weighted by molar-refractivity contribution is 0.842. The molecule has 0 fully saturated rings. The van der Waals surface area contributed by atoms with Crippen molar-refractivity contribution in [2.24, 2.45) is 5.92 Å². The summed E-state index contributed by atoms with van der Waals surface area (Å²) >= 11 is 0. The molecule has 0 saturated heterocycles. The molecule has 0 aromatic heterocycles. The highest BCUT2D eigenvalue weighted by Gasteiger charge is 2.29. The minimum atomic E-state index is 0.306. The fourth-order valence-electron chi connectivity index (χ4n) is 9.70. The Kier molecular flexibility index (Phi) is 7.16. The maximum Gasteiger partial charge on any atom is 0.00686 e. The Hall–Kier alpha value is -6.76. The summed E-state index contributed by atoms with van der Waals surface area (Å²) in [5.74, 6) is 0.306. The third-order valence-electron chi connectivity index (χ3n) is 12.2. The van der Waals surface area contributed by atoms with Crippen molar-refractivity contribution in [3.05, 3.63) is 209 Å². The van der Waals surface area contributed by atoms with Crippen LogP contribution in [0.15, 0.2) is 176 Å². The molecule has 0 saturated carbocycles. The Labute approximate surface area is 321 Å². The molecule has 0 N–H and O–H groups in total. The highest BCUT2D eigenvalue weighted by Crippen LogP contribution is 2.49. The minimum Gasteiger partial charge on any atom is -0.0911 e. The molecule has 9 aromatic rings. The van der Waals surface area contributed by atoms with Gasteiger partial charge in [0.25, 0.3) is 0 Å². The fraction of sp³-hybridized carbons (Fsp3) is 0.0545. The van der Waals surface area contributed by atoms with Crippen LogP contribution in [0.1, 0.15) is 35.6 Å². The lowest BCUT2D eigenvalue weighted by Gasteiger charge is -2.31. The average molecular weight is 699 g/mol. The SMILES string of the molecule is C=c1cc2ccc3c(-c4c5ccccc5c(C5=CCC6C=C(c7cccc8ccccc78)c7ccccc7C6=C5)c5ccccc45)cccc3c2c/c1=C/C. The van der Waals surface area contributed by atoms with Gasteiger partial charge in [0.1, 0.15) is 0 Å². The smallest absolute Gasteiger partial charge is 0.00686 e. The molecule has 0 radical (unpaired) electrons. The monoisotopic (exact) mass is 698 g/mol. The van der Waals surface area contributed by atoms with Crippen LogP contribution in [-0.4, -0.2) is 0 Å². The van der Waals surface area contributed by atoms with E-state index < -0.39 is 0 Å². The normalized spacial score (nSPS) is 15.6. The molecule has 0 nitrogen and oxygen atoms in total. The van der Waals surface area contributed by atoms with Gasteiger partial charge in [-0.15, -0.1) is 0 Å². The lowest BCUT2D eigenvalue weighted by Crippen LogP contribution is -2.21. The van der Waals surface area contributed by atoms with Crippen molar-refractivity contribution in [2.75, 3.05) is 0 Å². The largest absolute Gasteiger partial charge is 0.0911 e. The first-order valence-electron chi connectivity index (χ1n) is 19.4. The van der Waals surface area contributed by atoms with Crippen molar-refractivity contribution in [3.63, 3.8) is 0 Å². The Morgan fingerprint density at radius 2 is 1.09 bits per heavy atom. The minimum absolute atomic E-state index is 0.306. The van der Waals surface area contributed by atoms with Gasteiger partial charge in [-0.1, -0.05) is 176 Å². The topological polar surface area (TPSA) is 0 Å². The van der Waals surface area contributed by atoms with Crippen LogP contribution in [0.25, 0.3) is 94.4 Å². The van der Waals surface area contributed by atoms with Gasteiger partial charge in [-0.2, -0.15) is 0 Å². The van der Waals surface area contributed by atoms with Crippen LogP contribution in [0.3, 0.4) is 0 Å². The van der Waals surface area contributed by atoms with Gasteiger partial charge in [0.05, 0.1) is 0 Å². The molecule has 11 rings (SSSR count). The molecule has 2 aliphatic carbocycles. The second-order valence-electron chi connectivity index (χ2n) is 15.1. The van der Waals surface area contributed by atoms with E-state index >= 15 is 0 Å². The molecule has 0 aliphatic heterocycles. The van der Waals surface area contributed by atoms with Crippen molar-refractivity contribution in [1.29, 1.82) is 0 Å². The maximum atomic E-state index is 4.32. The second-order valence-corrected chi connectivity index (χ2v) is 15.1. The van der Waals surface area contributed by atoms with E-state index in [1.807, 2.05) is 0 Å². The van der Waals surface area contributed by atoms with E-state index in [9.17, 15) is 0 Å². The van der Waals surface area contributed by atoms with Crippen molar-refractivity contribution in [3.8, 4) is 11.1 Å². The first-order chi connectivity index (χ1) is 27.2. The standard InChI is InChI=1S/C55H38/c1-3-35-31-51-37(30-34(35)2)28-29-45-43(51)24-13-25-46(45)55-49-21-10-8-19-47(49)54(48-20-9-11-22-50(48)55)39-27-26-38-32-53(44-18-7-6-17-42(44)52(38)33-39)41-23-12-15-36-14-4-5-16-40(36)41/h3-25,27-33,38H,2,26H2,1H3/b35-3-. The summed E-state index contributed by atoms with van der Waals surface area (Å²) in [6.45, 7) is 6.41. The molecule has 0 amide bonds. The van der Waals surface area contributed by atoms with Gasteiger partial charge in [0, 0.05) is 5.92 Å². The molecule has 0 spiro atoms. The Balaban J connectivity index is 1.12. The van der Waals surface area contributed by atoms with Gasteiger partial charge in [0.15, 0.2) is 0 Å². The summed E-state index contributed by atoms with van der Waals surface area (Å²) in [6.07, 6.45) is 10.6.